The Balaban J connectivity index is 1.97. The molecular formula is C46H70N18O7. The molecule has 25 nitrogen and oxygen atoms in total. The van der Waals surface area contributed by atoms with Gasteiger partial charge in [-0.25, -0.2) is 4.79 Å². The number of nitrogens with one attached hydrogen (secondary N) is 5. The van der Waals surface area contributed by atoms with Crippen LogP contribution in [0, 0.1) is 0 Å². The van der Waals surface area contributed by atoms with Crippen molar-refractivity contribution < 1.29 is 33.9 Å². The molecule has 0 aromatic heterocycles. The van der Waals surface area contributed by atoms with Gasteiger partial charge in [0, 0.05) is 32.6 Å². The molecule has 0 aliphatic rings. The van der Waals surface area contributed by atoms with E-state index in [1.54, 1.807) is 0 Å². The van der Waals surface area contributed by atoms with E-state index >= 15 is 0 Å². The summed E-state index contributed by atoms with van der Waals surface area (Å²) >= 11 is 0. The predicted octanol–water partition coefficient (Wildman–Crippen LogP) is -3.32. The third-order valence-corrected chi connectivity index (χ3v) is 10.8. The molecule has 5 amide bonds. The molecule has 0 radical (unpaired) electrons. The number of aliphatic imine (C=N–C) groups is 4. The number of nitrogens with two attached hydrogens (primary N) is 9. The van der Waals surface area contributed by atoms with Gasteiger partial charge in [0.1, 0.15) is 30.2 Å². The van der Waals surface area contributed by atoms with Crippen molar-refractivity contribution in [2.45, 2.75) is 100 Å². The van der Waals surface area contributed by atoms with E-state index in [1.807, 2.05) is 72.8 Å². The van der Waals surface area contributed by atoms with E-state index in [0.29, 0.717) is 5.56 Å². The second-order valence-electron chi connectivity index (χ2n) is 16.6. The molecule has 3 aromatic rings. The standard InChI is InChI=1S/C46H70N18O7/c47-31(25-27-10-2-1-3-11-27)37(65)64-36(26-28-18-19-29-12-4-5-13-30(29)24-28)41(69)62-33(15-7-21-57-44(50)51)39(67)60-32(14-6-20-56-43(48)49)38(66)61-34(16-8-22-58-45(52)53)40(68)63-35(42(70)71)17-9-23-59-46(54)55/h1-5,10-13,18-19,24,31-36H,6-9,14-17,20-23,25-26,47H2,(H,60,67)(H,61,66)(H,62,69)(H,63,68)(H,64,65)(H,70,71)(H4,48,49,56)(H4,50,51,57)(H4,52,53,58)(H4,54,55,59)/t31-,32-,33-,34-,35-,36-/m0/s1. The summed E-state index contributed by atoms with van der Waals surface area (Å²) < 4.78 is 0. The van der Waals surface area contributed by atoms with Crippen LogP contribution in [-0.2, 0) is 41.6 Å². The highest BCUT2D eigenvalue weighted by Gasteiger charge is 2.33. The molecule has 0 spiro atoms. The third kappa shape index (κ3) is 22.2. The Morgan fingerprint density at radius 3 is 1.21 bits per heavy atom. The number of aliphatic carboxylic acids is 1. The normalized spacial score (nSPS) is 13.3. The monoisotopic (exact) mass is 987 g/mol. The molecular weight excluding hydrogens is 917 g/mol. The molecule has 25 heteroatoms. The van der Waals surface area contributed by atoms with Crippen LogP contribution in [0.4, 0.5) is 0 Å². The van der Waals surface area contributed by atoms with E-state index in [1.165, 1.54) is 0 Å². The van der Waals surface area contributed by atoms with Crippen LogP contribution in [-0.4, -0.2) is 127 Å². The van der Waals surface area contributed by atoms with Crippen molar-refractivity contribution in [2.75, 3.05) is 26.2 Å². The van der Waals surface area contributed by atoms with Crippen LogP contribution in [0.5, 0.6) is 0 Å². The molecule has 0 saturated carbocycles. The molecule has 0 fully saturated rings. The number of nitrogens with zero attached hydrogens (tertiary/aromatic N) is 4. The number of guanidine groups is 4. The zero-order valence-corrected chi connectivity index (χ0v) is 39.7. The highest BCUT2D eigenvalue weighted by Crippen LogP contribution is 2.18. The molecule has 24 N–H and O–H groups in total. The van der Waals surface area contributed by atoms with Crippen LogP contribution in [0.3, 0.4) is 0 Å². The van der Waals surface area contributed by atoms with Gasteiger partial charge in [-0.3, -0.25) is 43.9 Å². The Kier molecular flexibility index (Phi) is 24.4. The average Bonchev–Trinajstić information content (AvgIpc) is 3.32. The fraction of sp³-hybridized carbons (Fsp3) is 0.435. The quantitative estimate of drug-likeness (QED) is 0.0170. The second-order valence-corrected chi connectivity index (χ2v) is 16.6. The lowest BCUT2D eigenvalue weighted by molar-refractivity contribution is -0.142. The number of hydrogen-bond acceptors (Lipinski definition) is 11. The maximum atomic E-state index is 14.5. The summed E-state index contributed by atoms with van der Waals surface area (Å²) in [5, 5.41) is 25.1. The zero-order chi connectivity index (χ0) is 52.3. The maximum absolute atomic E-state index is 14.5. The Labute approximate surface area is 411 Å². The van der Waals surface area contributed by atoms with Crippen molar-refractivity contribution in [2.24, 2.45) is 71.6 Å². The molecule has 0 aliphatic heterocycles. The second kappa shape index (κ2) is 30.3. The summed E-state index contributed by atoms with van der Waals surface area (Å²) in [4.78, 5) is 98.5. The maximum Gasteiger partial charge on any atom is 0.326 e. The lowest BCUT2D eigenvalue weighted by Crippen LogP contribution is -2.59. The molecule has 0 bridgehead atoms. The first-order valence-corrected chi connectivity index (χ1v) is 23.1. The van der Waals surface area contributed by atoms with Gasteiger partial charge in [-0.2, -0.15) is 0 Å². The third-order valence-electron chi connectivity index (χ3n) is 10.8. The minimum atomic E-state index is -1.39. The molecule has 71 heavy (non-hydrogen) atoms. The number of carboxylic acid groups (broad SMARTS) is 1. The Morgan fingerprint density at radius 1 is 0.423 bits per heavy atom. The fourth-order valence-electron chi connectivity index (χ4n) is 7.22. The molecule has 0 aliphatic carbocycles. The SMILES string of the molecule is NC(N)=NCCC[C@H](NC(=O)[C@H](CCCN=C(N)N)NC(=O)[C@H](CCCN=C(N)N)NC(=O)[C@H](CCCN=C(N)N)NC(=O)[C@H](Cc1ccc2ccccc2c1)NC(=O)[C@@H](N)Cc1ccccc1)C(=O)O. The van der Waals surface area contributed by atoms with Crippen molar-refractivity contribution in [1.29, 1.82) is 0 Å². The fourth-order valence-corrected chi connectivity index (χ4v) is 7.22. The molecule has 386 valence electrons. The Morgan fingerprint density at radius 2 is 0.789 bits per heavy atom. The van der Waals surface area contributed by atoms with Gasteiger partial charge < -0.3 is 83.3 Å². The van der Waals surface area contributed by atoms with Gasteiger partial charge >= 0.3 is 5.97 Å². The molecule has 3 rings (SSSR count). The van der Waals surface area contributed by atoms with Crippen molar-refractivity contribution in [3.05, 3.63) is 83.9 Å². The van der Waals surface area contributed by atoms with E-state index in [-0.39, 0.29) is 114 Å². The lowest BCUT2D eigenvalue weighted by atomic mass is 9.99. The van der Waals surface area contributed by atoms with Crippen molar-refractivity contribution in [3.8, 4) is 0 Å². The highest BCUT2D eigenvalue weighted by molar-refractivity contribution is 5.96. The van der Waals surface area contributed by atoms with Gasteiger partial charge in [-0.05, 0) is 79.7 Å². The van der Waals surface area contributed by atoms with Crippen molar-refractivity contribution in [1.82, 2.24) is 26.6 Å². The molecule has 0 unspecified atom stereocenters. The minimum Gasteiger partial charge on any atom is -0.480 e. The first kappa shape index (κ1) is 57.1. The first-order chi connectivity index (χ1) is 33.8. The average molecular weight is 987 g/mol. The van der Waals surface area contributed by atoms with Gasteiger partial charge in [-0.1, -0.05) is 72.8 Å². The van der Waals surface area contributed by atoms with Crippen LogP contribution in [0.25, 0.3) is 10.8 Å². The number of amides is 5. The van der Waals surface area contributed by atoms with Crippen molar-refractivity contribution in [3.63, 3.8) is 0 Å². The number of rotatable bonds is 31. The van der Waals surface area contributed by atoms with E-state index in [4.69, 9.17) is 51.6 Å². The van der Waals surface area contributed by atoms with Crippen LogP contribution < -0.4 is 78.2 Å². The van der Waals surface area contributed by atoms with Crippen LogP contribution in [0.1, 0.15) is 62.5 Å². The smallest absolute Gasteiger partial charge is 0.326 e. The summed E-state index contributed by atoms with van der Waals surface area (Å²) in [5.41, 5.74) is 51.7. The predicted molar refractivity (Wildman–Crippen MR) is 273 cm³/mol. The van der Waals surface area contributed by atoms with Gasteiger partial charge in [0.25, 0.3) is 0 Å². The number of carbonyl (C=O) groups excluding carboxylic acids is 5. The number of carbonyl (C=O) groups is 6. The van der Waals surface area contributed by atoms with Gasteiger partial charge in [0.15, 0.2) is 23.8 Å². The van der Waals surface area contributed by atoms with Crippen LogP contribution in [0.2, 0.25) is 0 Å². The minimum absolute atomic E-state index is 0.00423. The summed E-state index contributed by atoms with van der Waals surface area (Å²) in [6.07, 6.45) is 0.634. The van der Waals surface area contributed by atoms with Gasteiger partial charge in [0.2, 0.25) is 29.5 Å². The Hall–Kier alpha value is -8.22. The summed E-state index contributed by atoms with van der Waals surface area (Å²) in [6.45, 7) is 0.272. The van der Waals surface area contributed by atoms with E-state index in [0.717, 1.165) is 16.3 Å². The highest BCUT2D eigenvalue weighted by atomic mass is 16.4. The number of hydrogen-bond donors (Lipinski definition) is 15. The van der Waals surface area contributed by atoms with Crippen molar-refractivity contribution >= 4 is 70.1 Å². The number of carboxylic acids is 1. The summed E-state index contributed by atoms with van der Waals surface area (Å²) in [5.74, 6) is -6.02. The molecule has 3 aromatic carbocycles. The van der Waals surface area contributed by atoms with Gasteiger partial charge in [0.05, 0.1) is 6.04 Å². The van der Waals surface area contributed by atoms with Crippen LogP contribution in [0.15, 0.2) is 92.8 Å². The first-order valence-electron chi connectivity index (χ1n) is 23.1. The topological polar surface area (TPSA) is 466 Å². The van der Waals surface area contributed by atoms with E-state index in [9.17, 15) is 33.9 Å². The van der Waals surface area contributed by atoms with E-state index < -0.39 is 71.8 Å². The van der Waals surface area contributed by atoms with Crippen LogP contribution >= 0.6 is 0 Å². The zero-order valence-electron chi connectivity index (χ0n) is 39.7. The Bertz CT molecular complexity index is 2350. The molecule has 0 heterocycles. The summed E-state index contributed by atoms with van der Waals surface area (Å²) in [7, 11) is 0. The largest absolute Gasteiger partial charge is 0.480 e. The molecule has 6 atom stereocenters. The summed E-state index contributed by atoms with van der Waals surface area (Å²) in [6, 6.07) is 14.6. The number of benzene rings is 3. The lowest BCUT2D eigenvalue weighted by Gasteiger charge is -2.27. The van der Waals surface area contributed by atoms with Gasteiger partial charge in [-0.15, -0.1) is 0 Å². The molecule has 0 saturated heterocycles. The number of fused-ring (bicyclic) bond motifs is 1. The van der Waals surface area contributed by atoms with E-state index in [2.05, 4.69) is 46.6 Å².